The van der Waals surface area contributed by atoms with E-state index in [2.05, 4.69) is 5.32 Å². The van der Waals surface area contributed by atoms with Crippen LogP contribution in [-0.2, 0) is 0 Å². The van der Waals surface area contributed by atoms with Crippen LogP contribution in [0.15, 0.2) is 18.2 Å². The third-order valence-corrected chi connectivity index (χ3v) is 2.82. The summed E-state index contributed by atoms with van der Waals surface area (Å²) in [4.78, 5) is 0. The normalized spacial score (nSPS) is 14.6. The summed E-state index contributed by atoms with van der Waals surface area (Å²) < 4.78 is 43.9. The molecule has 5 heteroatoms. The Kier molecular flexibility index (Phi) is 3.24. The molecule has 1 aromatic carbocycles. The molecule has 1 heterocycles. The highest BCUT2D eigenvalue weighted by Crippen LogP contribution is 2.42. The maximum Gasteiger partial charge on any atom is 0.416 e. The van der Waals surface area contributed by atoms with Gasteiger partial charge in [-0.3, -0.25) is 0 Å². The molecule has 0 atom stereocenters. The zero-order valence-electron chi connectivity index (χ0n) is 10.2. The number of benzene rings is 1. The third kappa shape index (κ3) is 2.30. The molecule has 0 fully saturated rings. The van der Waals surface area contributed by atoms with Gasteiger partial charge >= 0.3 is 6.18 Å². The number of rotatable bonds is 2. The topological polar surface area (TPSA) is 21.3 Å². The first-order chi connectivity index (χ1) is 8.43. The molecule has 0 bridgehead atoms. The van der Waals surface area contributed by atoms with Crippen molar-refractivity contribution in [3.63, 3.8) is 0 Å². The summed E-state index contributed by atoms with van der Waals surface area (Å²) in [5.41, 5.74) is 1.08. The van der Waals surface area contributed by atoms with E-state index in [4.69, 9.17) is 4.74 Å². The predicted octanol–water partition coefficient (Wildman–Crippen LogP) is 3.76. The Labute approximate surface area is 103 Å². The van der Waals surface area contributed by atoms with Crippen LogP contribution in [-0.4, -0.2) is 19.3 Å². The van der Waals surface area contributed by atoms with Crippen molar-refractivity contribution >= 4 is 11.3 Å². The third-order valence-electron chi connectivity index (χ3n) is 2.82. The molecule has 0 saturated carbocycles. The van der Waals surface area contributed by atoms with E-state index in [0.29, 0.717) is 6.54 Å². The Morgan fingerprint density at radius 2 is 2.06 bits per heavy atom. The largest absolute Gasteiger partial charge is 0.489 e. The highest BCUT2D eigenvalue weighted by atomic mass is 19.4. The maximum absolute atomic E-state index is 12.9. The number of allylic oxidation sites excluding steroid dienone is 1. The standard InChI is InChI=1S/C13H14F3NO/c1-3-17-11-7-12-9(6-8(11)2)10(4-5-18-12)13(14,15)16/h4,6-7,17H,3,5H2,1-2H3. The molecule has 0 radical (unpaired) electrons. The van der Waals surface area contributed by atoms with Crippen LogP contribution in [0.4, 0.5) is 18.9 Å². The molecular formula is C13H14F3NO. The van der Waals surface area contributed by atoms with Gasteiger partial charge in [-0.1, -0.05) is 0 Å². The van der Waals surface area contributed by atoms with E-state index in [0.717, 1.165) is 17.3 Å². The van der Waals surface area contributed by atoms with Gasteiger partial charge in [0.1, 0.15) is 12.4 Å². The summed E-state index contributed by atoms with van der Waals surface area (Å²) in [7, 11) is 0. The molecule has 1 aliphatic heterocycles. The number of ether oxygens (including phenoxy) is 1. The van der Waals surface area contributed by atoms with Crippen LogP contribution in [0.3, 0.4) is 0 Å². The summed E-state index contributed by atoms with van der Waals surface area (Å²) in [5.74, 6) is 0.284. The van der Waals surface area contributed by atoms with E-state index < -0.39 is 11.7 Å². The van der Waals surface area contributed by atoms with E-state index in [1.54, 1.807) is 13.0 Å². The Balaban J connectivity index is 2.49. The van der Waals surface area contributed by atoms with Crippen molar-refractivity contribution in [2.45, 2.75) is 20.0 Å². The van der Waals surface area contributed by atoms with Gasteiger partial charge in [0.15, 0.2) is 0 Å². The van der Waals surface area contributed by atoms with Crippen LogP contribution in [0, 0.1) is 6.92 Å². The smallest absolute Gasteiger partial charge is 0.416 e. The fraction of sp³-hybridized carbons (Fsp3) is 0.385. The molecule has 0 saturated heterocycles. The summed E-state index contributed by atoms with van der Waals surface area (Å²) in [6.07, 6.45) is -3.26. The zero-order valence-corrected chi connectivity index (χ0v) is 10.2. The lowest BCUT2D eigenvalue weighted by molar-refractivity contribution is -0.0696. The first-order valence-corrected chi connectivity index (χ1v) is 5.72. The van der Waals surface area contributed by atoms with E-state index in [9.17, 15) is 13.2 Å². The zero-order chi connectivity index (χ0) is 13.3. The van der Waals surface area contributed by atoms with Gasteiger partial charge in [-0.05, 0) is 31.6 Å². The van der Waals surface area contributed by atoms with E-state index >= 15 is 0 Å². The molecule has 1 N–H and O–H groups in total. The van der Waals surface area contributed by atoms with Crippen LogP contribution < -0.4 is 10.1 Å². The van der Waals surface area contributed by atoms with Crippen LogP contribution in [0.2, 0.25) is 0 Å². The molecule has 0 amide bonds. The molecule has 2 nitrogen and oxygen atoms in total. The Morgan fingerprint density at radius 1 is 1.33 bits per heavy atom. The highest BCUT2D eigenvalue weighted by Gasteiger charge is 2.37. The summed E-state index contributed by atoms with van der Waals surface area (Å²) >= 11 is 0. The van der Waals surface area contributed by atoms with Crippen molar-refractivity contribution in [3.8, 4) is 5.75 Å². The lowest BCUT2D eigenvalue weighted by Crippen LogP contribution is -2.17. The molecule has 98 valence electrons. The minimum Gasteiger partial charge on any atom is -0.489 e. The Bertz CT molecular complexity index is 492. The second-order valence-corrected chi connectivity index (χ2v) is 4.12. The van der Waals surface area contributed by atoms with Crippen LogP contribution in [0.5, 0.6) is 5.75 Å². The van der Waals surface area contributed by atoms with E-state index in [-0.39, 0.29) is 17.9 Å². The lowest BCUT2D eigenvalue weighted by atomic mass is 9.99. The highest BCUT2D eigenvalue weighted by molar-refractivity contribution is 5.78. The summed E-state index contributed by atoms with van der Waals surface area (Å²) in [5, 5.41) is 3.10. The predicted molar refractivity (Wildman–Crippen MR) is 64.9 cm³/mol. The molecule has 0 spiro atoms. The van der Waals surface area contributed by atoms with Crippen molar-refractivity contribution in [2.24, 2.45) is 0 Å². The number of halogens is 3. The van der Waals surface area contributed by atoms with Crippen LogP contribution in [0.25, 0.3) is 5.57 Å². The number of fused-ring (bicyclic) bond motifs is 1. The average Bonchev–Trinajstić information content (AvgIpc) is 2.28. The van der Waals surface area contributed by atoms with E-state index in [1.165, 1.54) is 6.07 Å². The summed E-state index contributed by atoms with van der Waals surface area (Å²) in [6.45, 7) is 4.37. The second kappa shape index (κ2) is 4.55. The number of hydrogen-bond acceptors (Lipinski definition) is 2. The lowest BCUT2D eigenvalue weighted by Gasteiger charge is -2.22. The molecule has 0 aromatic heterocycles. The first-order valence-electron chi connectivity index (χ1n) is 5.72. The molecular weight excluding hydrogens is 243 g/mol. The SMILES string of the molecule is CCNc1cc2c(cc1C)C(C(F)(F)F)=CCO2. The van der Waals surface area contributed by atoms with Gasteiger partial charge in [-0.25, -0.2) is 0 Å². The fourth-order valence-electron chi connectivity index (χ4n) is 1.99. The van der Waals surface area contributed by atoms with Crippen molar-refractivity contribution in [1.82, 2.24) is 0 Å². The molecule has 0 aliphatic carbocycles. The number of alkyl halides is 3. The van der Waals surface area contributed by atoms with Gasteiger partial charge in [0.25, 0.3) is 0 Å². The minimum atomic E-state index is -4.34. The molecule has 1 aromatic rings. The first kappa shape index (κ1) is 12.8. The fourth-order valence-corrected chi connectivity index (χ4v) is 1.99. The monoisotopic (exact) mass is 257 g/mol. The molecule has 2 rings (SSSR count). The number of hydrogen-bond donors (Lipinski definition) is 1. The van der Waals surface area contributed by atoms with Crippen molar-refractivity contribution in [1.29, 1.82) is 0 Å². The minimum absolute atomic E-state index is 0.0452. The van der Waals surface area contributed by atoms with Gasteiger partial charge in [0.2, 0.25) is 0 Å². The number of nitrogens with one attached hydrogen (secondary N) is 1. The molecule has 18 heavy (non-hydrogen) atoms. The van der Waals surface area contributed by atoms with Gasteiger partial charge < -0.3 is 10.1 Å². The van der Waals surface area contributed by atoms with Crippen LogP contribution >= 0.6 is 0 Å². The maximum atomic E-state index is 12.9. The summed E-state index contributed by atoms with van der Waals surface area (Å²) in [6, 6.07) is 3.15. The van der Waals surface area contributed by atoms with Gasteiger partial charge in [0, 0.05) is 23.9 Å². The average molecular weight is 257 g/mol. The second-order valence-electron chi connectivity index (χ2n) is 4.12. The van der Waals surface area contributed by atoms with Gasteiger partial charge in [-0.15, -0.1) is 0 Å². The van der Waals surface area contributed by atoms with Gasteiger partial charge in [-0.2, -0.15) is 13.2 Å². The Morgan fingerprint density at radius 3 is 2.67 bits per heavy atom. The molecule has 1 aliphatic rings. The van der Waals surface area contributed by atoms with Crippen molar-refractivity contribution in [2.75, 3.05) is 18.5 Å². The van der Waals surface area contributed by atoms with Crippen LogP contribution in [0.1, 0.15) is 18.1 Å². The van der Waals surface area contributed by atoms with Crippen molar-refractivity contribution in [3.05, 3.63) is 29.3 Å². The van der Waals surface area contributed by atoms with E-state index in [1.807, 2.05) is 6.92 Å². The van der Waals surface area contributed by atoms with Crippen molar-refractivity contribution < 1.29 is 17.9 Å². The Hall–Kier alpha value is -1.65. The quantitative estimate of drug-likeness (QED) is 0.870. The number of anilines is 1. The molecule has 0 unspecified atom stereocenters. The van der Waals surface area contributed by atoms with Gasteiger partial charge in [0.05, 0.1) is 5.57 Å². The number of aryl methyl sites for hydroxylation is 1.